The molecule has 0 aliphatic heterocycles. The van der Waals surface area contributed by atoms with Crippen LogP contribution in [-0.4, -0.2) is 17.0 Å². The maximum absolute atomic E-state index is 13.9. The van der Waals surface area contributed by atoms with E-state index >= 15 is 0 Å². The summed E-state index contributed by atoms with van der Waals surface area (Å²) in [6.45, 7) is 0.640. The standard InChI is InChI=1S/C17H17F2NO2/c1-16(18,19)17(20,11-15(21)22)14-9-7-13(8-10-14)12-5-3-2-4-6-12/h2-10H,11,20H2,1H3,(H,21,22). The van der Waals surface area contributed by atoms with Crippen molar-refractivity contribution in [2.24, 2.45) is 5.73 Å². The number of benzene rings is 2. The zero-order valence-corrected chi connectivity index (χ0v) is 12.1. The van der Waals surface area contributed by atoms with Crippen LogP contribution < -0.4 is 5.73 Å². The summed E-state index contributed by atoms with van der Waals surface area (Å²) < 4.78 is 27.7. The van der Waals surface area contributed by atoms with E-state index in [-0.39, 0.29) is 5.56 Å². The summed E-state index contributed by atoms with van der Waals surface area (Å²) in [7, 11) is 0. The molecule has 0 saturated heterocycles. The Hall–Kier alpha value is -2.27. The fourth-order valence-corrected chi connectivity index (χ4v) is 2.34. The van der Waals surface area contributed by atoms with Crippen molar-refractivity contribution in [1.82, 2.24) is 0 Å². The van der Waals surface area contributed by atoms with Crippen molar-refractivity contribution in [3.63, 3.8) is 0 Å². The SMILES string of the molecule is CC(F)(F)C(N)(CC(=O)O)c1ccc(-c2ccccc2)cc1. The Balaban J connectivity index is 2.40. The molecule has 2 aromatic carbocycles. The lowest BCUT2D eigenvalue weighted by Gasteiger charge is -2.34. The van der Waals surface area contributed by atoms with Gasteiger partial charge in [-0.25, -0.2) is 8.78 Å². The topological polar surface area (TPSA) is 63.3 Å². The first-order chi connectivity index (χ1) is 10.2. The Labute approximate surface area is 127 Å². The molecule has 5 heteroatoms. The summed E-state index contributed by atoms with van der Waals surface area (Å²) in [6, 6.07) is 15.7. The molecule has 0 saturated carbocycles. The smallest absolute Gasteiger partial charge is 0.305 e. The quantitative estimate of drug-likeness (QED) is 0.886. The number of carboxylic acids is 1. The summed E-state index contributed by atoms with van der Waals surface area (Å²) in [5, 5.41) is 8.89. The van der Waals surface area contributed by atoms with Crippen LogP contribution >= 0.6 is 0 Å². The Morgan fingerprint density at radius 1 is 1.05 bits per heavy atom. The molecule has 0 amide bonds. The molecular formula is C17H17F2NO2. The summed E-state index contributed by atoms with van der Waals surface area (Å²) >= 11 is 0. The zero-order valence-electron chi connectivity index (χ0n) is 12.1. The average molecular weight is 305 g/mol. The van der Waals surface area contributed by atoms with E-state index in [1.807, 2.05) is 30.3 Å². The Kier molecular flexibility index (Phi) is 4.28. The number of hydrogen-bond acceptors (Lipinski definition) is 2. The van der Waals surface area contributed by atoms with Gasteiger partial charge < -0.3 is 10.8 Å². The molecule has 0 fully saturated rings. The van der Waals surface area contributed by atoms with Crippen LogP contribution in [0.5, 0.6) is 0 Å². The molecule has 0 aromatic heterocycles. The van der Waals surface area contributed by atoms with Gasteiger partial charge in [0.15, 0.2) is 0 Å². The van der Waals surface area contributed by atoms with Crippen molar-refractivity contribution in [2.75, 3.05) is 0 Å². The summed E-state index contributed by atoms with van der Waals surface area (Å²) in [5.74, 6) is -4.73. The van der Waals surface area contributed by atoms with Gasteiger partial charge in [0.1, 0.15) is 5.54 Å². The highest BCUT2D eigenvalue weighted by atomic mass is 19.3. The van der Waals surface area contributed by atoms with E-state index in [0.717, 1.165) is 11.1 Å². The number of carbonyl (C=O) groups is 1. The third-order valence-corrected chi connectivity index (χ3v) is 3.72. The first-order valence-electron chi connectivity index (χ1n) is 6.78. The number of rotatable bonds is 5. The van der Waals surface area contributed by atoms with Crippen molar-refractivity contribution in [2.45, 2.75) is 24.8 Å². The molecule has 0 heterocycles. The third kappa shape index (κ3) is 3.14. The predicted molar refractivity (Wildman–Crippen MR) is 80.6 cm³/mol. The molecule has 0 spiro atoms. The maximum atomic E-state index is 13.9. The predicted octanol–water partition coefficient (Wildman–Crippen LogP) is 3.64. The summed E-state index contributed by atoms with van der Waals surface area (Å²) in [5.41, 5.74) is 5.40. The highest BCUT2D eigenvalue weighted by molar-refractivity contribution is 5.70. The third-order valence-electron chi connectivity index (χ3n) is 3.72. The number of aliphatic carboxylic acids is 1. The lowest BCUT2D eigenvalue weighted by Crippen LogP contribution is -2.52. The van der Waals surface area contributed by atoms with Crippen molar-refractivity contribution in [3.8, 4) is 11.1 Å². The molecule has 3 nitrogen and oxygen atoms in total. The molecule has 0 aliphatic carbocycles. The number of halogens is 2. The van der Waals surface area contributed by atoms with E-state index in [9.17, 15) is 13.6 Å². The molecule has 2 rings (SSSR count). The van der Waals surface area contributed by atoms with Gasteiger partial charge in [0.25, 0.3) is 5.92 Å². The number of alkyl halides is 2. The van der Waals surface area contributed by atoms with Gasteiger partial charge in [-0.05, 0) is 16.7 Å². The van der Waals surface area contributed by atoms with Crippen LogP contribution in [0.15, 0.2) is 54.6 Å². The molecule has 1 unspecified atom stereocenters. The van der Waals surface area contributed by atoms with Gasteiger partial charge in [0, 0.05) is 6.92 Å². The van der Waals surface area contributed by atoms with E-state index in [2.05, 4.69) is 0 Å². The van der Waals surface area contributed by atoms with E-state index in [1.165, 1.54) is 12.1 Å². The molecule has 116 valence electrons. The van der Waals surface area contributed by atoms with Crippen molar-refractivity contribution in [3.05, 3.63) is 60.2 Å². The van der Waals surface area contributed by atoms with Gasteiger partial charge in [-0.3, -0.25) is 4.79 Å². The Morgan fingerprint density at radius 2 is 1.55 bits per heavy atom. The molecule has 1 atom stereocenters. The van der Waals surface area contributed by atoms with Gasteiger partial charge >= 0.3 is 5.97 Å². The lowest BCUT2D eigenvalue weighted by molar-refractivity contribution is -0.144. The molecular weight excluding hydrogens is 288 g/mol. The second-order valence-electron chi connectivity index (χ2n) is 5.37. The molecule has 0 bridgehead atoms. The Bertz CT molecular complexity index is 651. The molecule has 0 radical (unpaired) electrons. The lowest BCUT2D eigenvalue weighted by atomic mass is 9.81. The van der Waals surface area contributed by atoms with Gasteiger partial charge in [-0.1, -0.05) is 54.6 Å². The number of hydrogen-bond donors (Lipinski definition) is 2. The van der Waals surface area contributed by atoms with Crippen LogP contribution in [0.4, 0.5) is 8.78 Å². The van der Waals surface area contributed by atoms with Crippen molar-refractivity contribution < 1.29 is 18.7 Å². The Morgan fingerprint density at radius 3 is 2.00 bits per heavy atom. The van der Waals surface area contributed by atoms with Crippen LogP contribution in [0.3, 0.4) is 0 Å². The monoisotopic (exact) mass is 305 g/mol. The van der Waals surface area contributed by atoms with Crippen LogP contribution in [0.2, 0.25) is 0 Å². The number of nitrogens with two attached hydrogens (primary N) is 1. The molecule has 22 heavy (non-hydrogen) atoms. The number of carboxylic acid groups (broad SMARTS) is 1. The van der Waals surface area contributed by atoms with Gasteiger partial charge in [0.05, 0.1) is 6.42 Å². The normalized spacial score (nSPS) is 14.4. The highest BCUT2D eigenvalue weighted by Crippen LogP contribution is 2.38. The van der Waals surface area contributed by atoms with E-state index in [4.69, 9.17) is 10.8 Å². The van der Waals surface area contributed by atoms with Crippen LogP contribution in [0.1, 0.15) is 18.9 Å². The highest BCUT2D eigenvalue weighted by Gasteiger charge is 2.49. The minimum atomic E-state index is -3.36. The van der Waals surface area contributed by atoms with E-state index in [1.54, 1.807) is 12.1 Å². The minimum Gasteiger partial charge on any atom is -0.481 e. The average Bonchev–Trinajstić information content (AvgIpc) is 2.46. The van der Waals surface area contributed by atoms with Gasteiger partial charge in [-0.15, -0.1) is 0 Å². The van der Waals surface area contributed by atoms with E-state index < -0.39 is 23.9 Å². The van der Waals surface area contributed by atoms with Gasteiger partial charge in [0.2, 0.25) is 0 Å². The van der Waals surface area contributed by atoms with Gasteiger partial charge in [-0.2, -0.15) is 0 Å². The fraction of sp³-hybridized carbons (Fsp3) is 0.235. The second kappa shape index (κ2) is 5.85. The van der Waals surface area contributed by atoms with Crippen LogP contribution in [-0.2, 0) is 10.3 Å². The first-order valence-corrected chi connectivity index (χ1v) is 6.78. The summed E-state index contributed by atoms with van der Waals surface area (Å²) in [4.78, 5) is 10.9. The fourth-order valence-electron chi connectivity index (χ4n) is 2.34. The van der Waals surface area contributed by atoms with Crippen LogP contribution in [0, 0.1) is 0 Å². The van der Waals surface area contributed by atoms with Crippen molar-refractivity contribution >= 4 is 5.97 Å². The second-order valence-corrected chi connectivity index (χ2v) is 5.37. The van der Waals surface area contributed by atoms with Crippen LogP contribution in [0.25, 0.3) is 11.1 Å². The largest absolute Gasteiger partial charge is 0.481 e. The first kappa shape index (κ1) is 16.1. The maximum Gasteiger partial charge on any atom is 0.305 e. The van der Waals surface area contributed by atoms with E-state index in [0.29, 0.717) is 6.92 Å². The minimum absolute atomic E-state index is 0.0991. The molecule has 3 N–H and O–H groups in total. The summed E-state index contributed by atoms with van der Waals surface area (Å²) in [6.07, 6.45) is -0.846. The van der Waals surface area contributed by atoms with Crippen molar-refractivity contribution in [1.29, 1.82) is 0 Å². The zero-order chi connectivity index (χ0) is 16.4. The molecule has 2 aromatic rings. The molecule has 0 aliphatic rings.